The number of carbonyl (C=O) groups is 1. The first-order chi connectivity index (χ1) is 14.9. The number of allylic oxidation sites excluding steroid dienone is 1. The van der Waals surface area contributed by atoms with Crippen LogP contribution in [0.3, 0.4) is 0 Å². The van der Waals surface area contributed by atoms with Crippen LogP contribution in [-0.4, -0.2) is 22.3 Å². The van der Waals surface area contributed by atoms with Crippen molar-refractivity contribution in [3.05, 3.63) is 12.2 Å². The number of carboxylic acids is 1. The molecule has 5 fully saturated rings. The number of fused-ring (bicyclic) bond motifs is 7. The molecule has 0 aromatic heterocycles. The highest BCUT2D eigenvalue weighted by atomic mass is 16.4. The van der Waals surface area contributed by atoms with Crippen molar-refractivity contribution >= 4 is 5.97 Å². The zero-order chi connectivity index (χ0) is 23.3. The zero-order valence-corrected chi connectivity index (χ0v) is 21.1. The average molecular weight is 443 g/mol. The van der Waals surface area contributed by atoms with E-state index in [4.69, 9.17) is 0 Å². The van der Waals surface area contributed by atoms with E-state index in [-0.39, 0.29) is 22.9 Å². The highest BCUT2D eigenvalue weighted by Gasteiger charge is 2.71. The molecule has 0 saturated heterocycles. The quantitative estimate of drug-likeness (QED) is 0.468. The summed E-state index contributed by atoms with van der Waals surface area (Å²) < 4.78 is 0. The lowest BCUT2D eigenvalue weighted by Gasteiger charge is -2.71. The van der Waals surface area contributed by atoms with Gasteiger partial charge in [-0.1, -0.05) is 39.8 Å². The predicted octanol–water partition coefficient (Wildman–Crippen LogP) is 6.70. The molecular formula is C29H46O3. The molecule has 0 spiro atoms. The molecule has 0 bridgehead atoms. The third-order valence-electron chi connectivity index (χ3n) is 13.1. The molecule has 11 atom stereocenters. The van der Waals surface area contributed by atoms with Crippen molar-refractivity contribution in [2.45, 2.75) is 105 Å². The van der Waals surface area contributed by atoms with Crippen molar-refractivity contribution in [2.24, 2.45) is 57.2 Å². The molecule has 0 aromatic carbocycles. The maximum Gasteiger partial charge on any atom is 0.309 e. The van der Waals surface area contributed by atoms with Crippen LogP contribution in [0.15, 0.2) is 12.2 Å². The third-order valence-corrected chi connectivity index (χ3v) is 13.1. The molecular weight excluding hydrogens is 396 g/mol. The highest BCUT2D eigenvalue weighted by molar-refractivity contribution is 5.76. The molecule has 5 aliphatic rings. The van der Waals surface area contributed by atoms with Crippen molar-refractivity contribution in [3.8, 4) is 0 Å². The lowest BCUT2D eigenvalue weighted by Crippen LogP contribution is -2.66. The second-order valence-corrected chi connectivity index (χ2v) is 13.7. The first-order valence-electron chi connectivity index (χ1n) is 13.5. The molecule has 3 heteroatoms. The molecule has 0 amide bonds. The Hall–Kier alpha value is -0.830. The van der Waals surface area contributed by atoms with Gasteiger partial charge in [-0.2, -0.15) is 0 Å². The van der Waals surface area contributed by atoms with Gasteiger partial charge in [0.15, 0.2) is 0 Å². The standard InChI is InChI=1S/C29H46O3/c1-17(2)19-9-14-29(25(31)32)16-15-27(5)21(24(19)29)7-8-23-26(4)12-11-22(30)18(3)20(26)10-13-28(23,27)6/h18-24,30H,1,7-16H2,2-6H3,(H,31,32)/t18-,19?,20+,21?,22+,23?,24?,26+,27-,28-,29+/m1/s1. The Morgan fingerprint density at radius 2 is 1.59 bits per heavy atom. The highest BCUT2D eigenvalue weighted by Crippen LogP contribution is 2.76. The lowest BCUT2D eigenvalue weighted by atomic mass is 9.33. The minimum Gasteiger partial charge on any atom is -0.481 e. The summed E-state index contributed by atoms with van der Waals surface area (Å²) in [5, 5.41) is 21.1. The van der Waals surface area contributed by atoms with Gasteiger partial charge in [-0.3, -0.25) is 4.79 Å². The molecule has 4 unspecified atom stereocenters. The summed E-state index contributed by atoms with van der Waals surface area (Å²) in [7, 11) is 0. The number of hydrogen-bond donors (Lipinski definition) is 2. The second-order valence-electron chi connectivity index (χ2n) is 13.7. The number of rotatable bonds is 2. The number of aliphatic hydroxyl groups is 1. The molecule has 180 valence electrons. The van der Waals surface area contributed by atoms with Crippen LogP contribution >= 0.6 is 0 Å². The maximum absolute atomic E-state index is 12.7. The van der Waals surface area contributed by atoms with E-state index in [1.807, 2.05) is 0 Å². The Morgan fingerprint density at radius 1 is 0.875 bits per heavy atom. The van der Waals surface area contributed by atoms with Crippen molar-refractivity contribution in [3.63, 3.8) is 0 Å². The van der Waals surface area contributed by atoms with Gasteiger partial charge in [-0.05, 0) is 123 Å². The largest absolute Gasteiger partial charge is 0.481 e. The molecule has 5 aliphatic carbocycles. The van der Waals surface area contributed by atoms with E-state index in [2.05, 4.69) is 41.2 Å². The van der Waals surface area contributed by atoms with Gasteiger partial charge in [-0.25, -0.2) is 0 Å². The van der Waals surface area contributed by atoms with E-state index in [0.717, 1.165) is 38.5 Å². The molecule has 0 radical (unpaired) electrons. The van der Waals surface area contributed by atoms with Crippen LogP contribution in [0.25, 0.3) is 0 Å². The van der Waals surface area contributed by atoms with E-state index in [1.165, 1.54) is 31.3 Å². The van der Waals surface area contributed by atoms with E-state index in [0.29, 0.717) is 35.0 Å². The first-order valence-corrected chi connectivity index (χ1v) is 13.5. The van der Waals surface area contributed by atoms with Crippen molar-refractivity contribution in [2.75, 3.05) is 0 Å². The van der Waals surface area contributed by atoms with Crippen LogP contribution in [-0.2, 0) is 4.79 Å². The predicted molar refractivity (Wildman–Crippen MR) is 128 cm³/mol. The van der Waals surface area contributed by atoms with Gasteiger partial charge in [0.25, 0.3) is 0 Å². The molecule has 5 rings (SSSR count). The summed E-state index contributed by atoms with van der Waals surface area (Å²) in [5.41, 5.74) is 1.45. The van der Waals surface area contributed by atoms with Crippen molar-refractivity contribution < 1.29 is 15.0 Å². The van der Waals surface area contributed by atoms with Crippen LogP contribution in [0.2, 0.25) is 0 Å². The fourth-order valence-corrected chi connectivity index (χ4v) is 11.1. The van der Waals surface area contributed by atoms with E-state index in [9.17, 15) is 15.0 Å². The number of carboxylic acid groups (broad SMARTS) is 1. The summed E-state index contributed by atoms with van der Waals surface area (Å²) >= 11 is 0. The summed E-state index contributed by atoms with van der Waals surface area (Å²) in [6, 6.07) is 0. The van der Waals surface area contributed by atoms with Gasteiger partial charge in [0, 0.05) is 0 Å². The first kappa shape index (κ1) is 22.9. The summed E-state index contributed by atoms with van der Waals surface area (Å²) in [6.45, 7) is 16.5. The SMILES string of the molecule is C=C(C)C1CC[C@]2(C(=O)O)CC[C@]3(C)C(CCC4[C@@]5(C)CC[C@H](O)[C@H](C)[C@@H]5CC[C@]43C)C12. The van der Waals surface area contributed by atoms with Gasteiger partial charge < -0.3 is 10.2 Å². The summed E-state index contributed by atoms with van der Waals surface area (Å²) in [6.07, 6.45) is 10.6. The smallest absolute Gasteiger partial charge is 0.309 e. The number of aliphatic carboxylic acids is 1. The van der Waals surface area contributed by atoms with Crippen LogP contribution in [0.5, 0.6) is 0 Å². The third kappa shape index (κ3) is 2.61. The van der Waals surface area contributed by atoms with Crippen molar-refractivity contribution in [1.82, 2.24) is 0 Å². The Kier molecular flexibility index (Phi) is 5.08. The lowest BCUT2D eigenvalue weighted by molar-refractivity contribution is -0.236. The monoisotopic (exact) mass is 442 g/mol. The van der Waals surface area contributed by atoms with Crippen LogP contribution < -0.4 is 0 Å². The molecule has 0 heterocycles. The van der Waals surface area contributed by atoms with Gasteiger partial charge in [0.2, 0.25) is 0 Å². The van der Waals surface area contributed by atoms with E-state index < -0.39 is 11.4 Å². The Balaban J connectivity index is 1.56. The fourth-order valence-electron chi connectivity index (χ4n) is 11.1. The van der Waals surface area contributed by atoms with Crippen molar-refractivity contribution in [1.29, 1.82) is 0 Å². The molecule has 0 aliphatic heterocycles. The Morgan fingerprint density at radius 3 is 2.25 bits per heavy atom. The van der Waals surface area contributed by atoms with Gasteiger partial charge in [-0.15, -0.1) is 0 Å². The number of aliphatic hydroxyl groups excluding tert-OH is 1. The summed E-state index contributed by atoms with van der Waals surface area (Å²) in [4.78, 5) is 12.7. The van der Waals surface area contributed by atoms with E-state index >= 15 is 0 Å². The van der Waals surface area contributed by atoms with Crippen LogP contribution in [0, 0.1) is 57.2 Å². The molecule has 3 nitrogen and oxygen atoms in total. The minimum atomic E-state index is -0.536. The van der Waals surface area contributed by atoms with Crippen LogP contribution in [0.4, 0.5) is 0 Å². The maximum atomic E-state index is 12.7. The molecule has 5 saturated carbocycles. The minimum absolute atomic E-state index is 0.134. The van der Waals surface area contributed by atoms with Gasteiger partial charge >= 0.3 is 5.97 Å². The number of hydrogen-bond acceptors (Lipinski definition) is 2. The molecule has 32 heavy (non-hydrogen) atoms. The average Bonchev–Trinajstić information content (AvgIpc) is 3.13. The Bertz CT molecular complexity index is 819. The Labute approximate surface area is 195 Å². The second kappa shape index (κ2) is 7.09. The molecule has 2 N–H and O–H groups in total. The topological polar surface area (TPSA) is 57.5 Å². The fraction of sp³-hybridized carbons (Fsp3) is 0.897. The van der Waals surface area contributed by atoms with Gasteiger partial charge in [0.05, 0.1) is 11.5 Å². The molecule has 0 aromatic rings. The summed E-state index contributed by atoms with van der Waals surface area (Å²) in [5.74, 6) is 2.29. The zero-order valence-electron chi connectivity index (χ0n) is 21.1. The van der Waals surface area contributed by atoms with E-state index in [1.54, 1.807) is 0 Å². The van der Waals surface area contributed by atoms with Crippen LogP contribution in [0.1, 0.15) is 98.8 Å². The van der Waals surface area contributed by atoms with Gasteiger partial charge in [0.1, 0.15) is 0 Å². The normalized spacial score (nSPS) is 57.0.